The van der Waals surface area contributed by atoms with Crippen LogP contribution in [0.1, 0.15) is 0 Å². The van der Waals surface area contributed by atoms with Crippen LogP contribution in [0.5, 0.6) is 11.5 Å². The smallest absolute Gasteiger partial charge is 0.258 e. The van der Waals surface area contributed by atoms with Crippen molar-refractivity contribution in [2.24, 2.45) is 0 Å². The normalized spacial score (nSPS) is 10.9. The minimum absolute atomic E-state index is 0.0390. The molecule has 0 aliphatic heterocycles. The van der Waals surface area contributed by atoms with Gasteiger partial charge in [-0.05, 0) is 30.3 Å². The number of carbonyl (C=O) groups excluding carboxylic acids is 1. The number of ether oxygens (including phenoxy) is 2. The molecule has 9 heteroatoms. The Bertz CT molecular complexity index is 889. The SMILES string of the molecule is COc1ccccc1OCC(=O)NCCN(c1cccc(F)c1)S(C)(=O)=O. The third-order valence-electron chi connectivity index (χ3n) is 3.56. The highest BCUT2D eigenvalue weighted by Crippen LogP contribution is 2.25. The van der Waals surface area contributed by atoms with Crippen molar-refractivity contribution in [1.29, 1.82) is 0 Å². The fraction of sp³-hybridized carbons (Fsp3) is 0.278. The van der Waals surface area contributed by atoms with E-state index in [1.165, 1.54) is 25.3 Å². The van der Waals surface area contributed by atoms with Gasteiger partial charge in [0.15, 0.2) is 18.1 Å². The van der Waals surface area contributed by atoms with Crippen molar-refractivity contribution in [1.82, 2.24) is 5.32 Å². The molecule has 0 heterocycles. The number of para-hydroxylation sites is 2. The summed E-state index contributed by atoms with van der Waals surface area (Å²) < 4.78 is 48.8. The molecule has 1 amide bonds. The molecular formula is C18H21FN2O5S. The van der Waals surface area contributed by atoms with Crippen molar-refractivity contribution in [3.05, 3.63) is 54.3 Å². The molecule has 2 rings (SSSR count). The second-order valence-electron chi connectivity index (χ2n) is 5.60. The van der Waals surface area contributed by atoms with Gasteiger partial charge in [-0.3, -0.25) is 9.10 Å². The Kier molecular flexibility index (Phi) is 7.00. The summed E-state index contributed by atoms with van der Waals surface area (Å²) in [6.07, 6.45) is 1.02. The third kappa shape index (κ3) is 6.14. The molecule has 0 unspecified atom stereocenters. The molecule has 0 saturated heterocycles. The maximum atomic E-state index is 13.4. The van der Waals surface area contributed by atoms with Gasteiger partial charge in [-0.1, -0.05) is 18.2 Å². The van der Waals surface area contributed by atoms with E-state index < -0.39 is 21.7 Å². The highest BCUT2D eigenvalue weighted by Gasteiger charge is 2.18. The second kappa shape index (κ2) is 9.22. The van der Waals surface area contributed by atoms with Crippen molar-refractivity contribution in [2.75, 3.05) is 37.4 Å². The molecule has 0 fully saturated rings. The number of carbonyl (C=O) groups is 1. The Labute approximate surface area is 157 Å². The number of methoxy groups -OCH3 is 1. The number of hydrogen-bond acceptors (Lipinski definition) is 5. The van der Waals surface area contributed by atoms with Crippen LogP contribution in [-0.4, -0.2) is 47.4 Å². The molecule has 0 aliphatic carbocycles. The van der Waals surface area contributed by atoms with Gasteiger partial charge in [0.1, 0.15) is 5.82 Å². The van der Waals surface area contributed by atoms with E-state index in [-0.39, 0.29) is 25.4 Å². The maximum absolute atomic E-state index is 13.4. The first-order valence-electron chi connectivity index (χ1n) is 8.07. The van der Waals surface area contributed by atoms with Crippen LogP contribution in [0.2, 0.25) is 0 Å². The summed E-state index contributed by atoms with van der Waals surface area (Å²) in [4.78, 5) is 11.9. The lowest BCUT2D eigenvalue weighted by Gasteiger charge is -2.22. The molecule has 7 nitrogen and oxygen atoms in total. The van der Waals surface area contributed by atoms with Gasteiger partial charge in [0.2, 0.25) is 10.0 Å². The van der Waals surface area contributed by atoms with Crippen LogP contribution in [0.3, 0.4) is 0 Å². The summed E-state index contributed by atoms with van der Waals surface area (Å²) in [7, 11) is -2.13. The van der Waals surface area contributed by atoms with Gasteiger partial charge in [-0.2, -0.15) is 0 Å². The molecule has 1 N–H and O–H groups in total. The van der Waals surface area contributed by atoms with E-state index in [9.17, 15) is 17.6 Å². The molecule has 0 spiro atoms. The first kappa shape index (κ1) is 20.5. The number of sulfonamides is 1. The number of amides is 1. The van der Waals surface area contributed by atoms with Crippen molar-refractivity contribution in [3.63, 3.8) is 0 Å². The molecule has 2 aromatic carbocycles. The lowest BCUT2D eigenvalue weighted by Crippen LogP contribution is -2.39. The zero-order valence-corrected chi connectivity index (χ0v) is 15.8. The molecule has 2 aromatic rings. The average molecular weight is 396 g/mol. The molecule has 0 bridgehead atoms. The summed E-state index contributed by atoms with van der Waals surface area (Å²) in [6.45, 7) is -0.250. The molecule has 0 aliphatic rings. The van der Waals surface area contributed by atoms with Crippen LogP contribution in [0.4, 0.5) is 10.1 Å². The number of nitrogens with zero attached hydrogens (tertiary/aromatic N) is 1. The van der Waals surface area contributed by atoms with E-state index in [4.69, 9.17) is 9.47 Å². The highest BCUT2D eigenvalue weighted by molar-refractivity contribution is 7.92. The first-order valence-corrected chi connectivity index (χ1v) is 9.92. The van der Waals surface area contributed by atoms with Gasteiger partial charge in [0, 0.05) is 6.54 Å². The fourth-order valence-corrected chi connectivity index (χ4v) is 3.27. The zero-order chi connectivity index (χ0) is 19.9. The minimum Gasteiger partial charge on any atom is -0.493 e. The molecule has 0 aromatic heterocycles. The Morgan fingerprint density at radius 3 is 2.48 bits per heavy atom. The number of hydrogen-bond donors (Lipinski definition) is 1. The maximum Gasteiger partial charge on any atom is 0.258 e. The third-order valence-corrected chi connectivity index (χ3v) is 4.76. The van der Waals surface area contributed by atoms with E-state index >= 15 is 0 Å². The predicted molar refractivity (Wildman–Crippen MR) is 100 cm³/mol. The monoisotopic (exact) mass is 396 g/mol. The molecule has 0 radical (unpaired) electrons. The van der Waals surface area contributed by atoms with Crippen molar-refractivity contribution in [3.8, 4) is 11.5 Å². The molecule has 27 heavy (non-hydrogen) atoms. The quantitative estimate of drug-likeness (QED) is 0.699. The fourth-order valence-electron chi connectivity index (χ4n) is 2.35. The van der Waals surface area contributed by atoms with Crippen LogP contribution >= 0.6 is 0 Å². The first-order chi connectivity index (χ1) is 12.8. The molecule has 146 valence electrons. The Balaban J connectivity index is 1.90. The second-order valence-corrected chi connectivity index (χ2v) is 7.51. The Morgan fingerprint density at radius 1 is 1.15 bits per heavy atom. The molecular weight excluding hydrogens is 375 g/mol. The summed E-state index contributed by atoms with van der Waals surface area (Å²) >= 11 is 0. The van der Waals surface area contributed by atoms with Crippen LogP contribution < -0.4 is 19.1 Å². The standard InChI is InChI=1S/C18H21FN2O5S/c1-25-16-8-3-4-9-17(16)26-13-18(22)20-10-11-21(27(2,23)24)15-7-5-6-14(19)12-15/h3-9,12H,10-11,13H2,1-2H3,(H,20,22). The summed E-state index contributed by atoms with van der Waals surface area (Å²) in [6, 6.07) is 12.1. The lowest BCUT2D eigenvalue weighted by atomic mass is 10.3. The van der Waals surface area contributed by atoms with Crippen molar-refractivity contribution >= 4 is 21.6 Å². The number of anilines is 1. The minimum atomic E-state index is -3.63. The summed E-state index contributed by atoms with van der Waals surface area (Å²) in [5.74, 6) is -0.0451. The zero-order valence-electron chi connectivity index (χ0n) is 15.0. The van der Waals surface area contributed by atoms with Crippen LogP contribution in [0, 0.1) is 5.82 Å². The van der Waals surface area contributed by atoms with E-state index in [0.717, 1.165) is 16.6 Å². The largest absolute Gasteiger partial charge is 0.493 e. The van der Waals surface area contributed by atoms with E-state index in [0.29, 0.717) is 11.5 Å². The van der Waals surface area contributed by atoms with Crippen LogP contribution in [0.25, 0.3) is 0 Å². The van der Waals surface area contributed by atoms with Gasteiger partial charge in [-0.15, -0.1) is 0 Å². The Hall–Kier alpha value is -2.81. The number of halogens is 1. The number of benzene rings is 2. The van der Waals surface area contributed by atoms with Gasteiger partial charge in [0.25, 0.3) is 5.91 Å². The average Bonchev–Trinajstić information content (AvgIpc) is 2.62. The predicted octanol–water partition coefficient (Wildman–Crippen LogP) is 1.80. The topological polar surface area (TPSA) is 84.9 Å². The molecule has 0 saturated carbocycles. The van der Waals surface area contributed by atoms with Gasteiger partial charge in [-0.25, -0.2) is 12.8 Å². The van der Waals surface area contributed by atoms with Crippen LogP contribution in [-0.2, 0) is 14.8 Å². The number of rotatable bonds is 9. The van der Waals surface area contributed by atoms with Gasteiger partial charge in [0.05, 0.1) is 25.6 Å². The summed E-state index contributed by atoms with van der Waals surface area (Å²) in [5.41, 5.74) is 0.192. The molecule has 0 atom stereocenters. The Morgan fingerprint density at radius 2 is 1.85 bits per heavy atom. The van der Waals surface area contributed by atoms with E-state index in [2.05, 4.69) is 5.32 Å². The van der Waals surface area contributed by atoms with Gasteiger partial charge >= 0.3 is 0 Å². The number of nitrogens with one attached hydrogen (secondary N) is 1. The lowest BCUT2D eigenvalue weighted by molar-refractivity contribution is -0.123. The van der Waals surface area contributed by atoms with E-state index in [1.807, 2.05) is 0 Å². The van der Waals surface area contributed by atoms with Crippen LogP contribution in [0.15, 0.2) is 48.5 Å². The van der Waals surface area contributed by atoms with Crippen molar-refractivity contribution in [2.45, 2.75) is 0 Å². The van der Waals surface area contributed by atoms with Gasteiger partial charge < -0.3 is 14.8 Å². The van der Waals surface area contributed by atoms with E-state index in [1.54, 1.807) is 24.3 Å². The highest BCUT2D eigenvalue weighted by atomic mass is 32.2. The summed E-state index contributed by atoms with van der Waals surface area (Å²) in [5, 5.41) is 2.57. The van der Waals surface area contributed by atoms with Crippen molar-refractivity contribution < 1.29 is 27.1 Å².